The molecule has 0 amide bonds. The van der Waals surface area contributed by atoms with E-state index in [1.165, 1.54) is 11.4 Å². The molecule has 0 fully saturated rings. The van der Waals surface area contributed by atoms with Gasteiger partial charge in [0.05, 0.1) is 22.4 Å². The molecule has 100 valence electrons. The Kier molecular flexibility index (Phi) is 2.09. The summed E-state index contributed by atoms with van der Waals surface area (Å²) in [6.45, 7) is 4.43. The van der Waals surface area contributed by atoms with Crippen molar-refractivity contribution in [2.24, 2.45) is 12.5 Å². The van der Waals surface area contributed by atoms with Crippen molar-refractivity contribution in [2.75, 3.05) is 0 Å². The van der Waals surface area contributed by atoms with E-state index in [1.807, 2.05) is 6.07 Å². The van der Waals surface area contributed by atoms with Crippen molar-refractivity contribution in [3.63, 3.8) is 0 Å². The van der Waals surface area contributed by atoms with Gasteiger partial charge in [0, 0.05) is 12.5 Å². The van der Waals surface area contributed by atoms with E-state index >= 15 is 0 Å². The molecule has 3 nitrogen and oxygen atoms in total. The standard InChI is InChI=1S/C17H17N3/c1-17(2)10-8-14-15(9-11-17)20-13-7-5-4-6-12(13)18-16(20)19(14)3/h4-11H,1-3H3. The first-order chi connectivity index (χ1) is 9.57. The van der Waals surface area contributed by atoms with E-state index in [0.29, 0.717) is 0 Å². The fourth-order valence-corrected chi connectivity index (χ4v) is 2.87. The summed E-state index contributed by atoms with van der Waals surface area (Å²) in [5.74, 6) is 0.991. The number of allylic oxidation sites excluding steroid dienone is 2. The van der Waals surface area contributed by atoms with Crippen LogP contribution in [0, 0.1) is 5.41 Å². The Bertz CT molecular complexity index is 888. The van der Waals surface area contributed by atoms with Crippen molar-refractivity contribution in [3.8, 4) is 0 Å². The van der Waals surface area contributed by atoms with Gasteiger partial charge in [0.2, 0.25) is 5.78 Å². The molecule has 0 N–H and O–H groups in total. The van der Waals surface area contributed by atoms with Crippen LogP contribution in [0.15, 0.2) is 36.4 Å². The van der Waals surface area contributed by atoms with E-state index < -0.39 is 0 Å². The average molecular weight is 263 g/mol. The number of para-hydroxylation sites is 2. The zero-order chi connectivity index (χ0) is 13.9. The minimum atomic E-state index is 0.0850. The van der Waals surface area contributed by atoms with Crippen molar-refractivity contribution >= 4 is 29.0 Å². The second-order valence-electron chi connectivity index (χ2n) is 6.05. The third kappa shape index (κ3) is 1.43. The molecule has 2 aromatic heterocycles. The minimum absolute atomic E-state index is 0.0850. The molecule has 0 bridgehead atoms. The lowest BCUT2D eigenvalue weighted by atomic mass is 9.93. The Morgan fingerprint density at radius 2 is 1.70 bits per heavy atom. The maximum absolute atomic E-state index is 4.74. The summed E-state index contributed by atoms with van der Waals surface area (Å²) >= 11 is 0. The summed E-state index contributed by atoms with van der Waals surface area (Å²) in [6.07, 6.45) is 8.93. The van der Waals surface area contributed by atoms with Crippen LogP contribution >= 0.6 is 0 Å². The molecule has 0 unspecified atom stereocenters. The first-order valence-electron chi connectivity index (χ1n) is 6.91. The molecule has 20 heavy (non-hydrogen) atoms. The lowest BCUT2D eigenvalue weighted by Crippen LogP contribution is -2.00. The monoisotopic (exact) mass is 263 g/mol. The van der Waals surface area contributed by atoms with Crippen molar-refractivity contribution in [2.45, 2.75) is 13.8 Å². The smallest absolute Gasteiger partial charge is 0.215 e. The Hall–Kier alpha value is -2.29. The molecule has 4 rings (SSSR count). The fraction of sp³-hybridized carbons (Fsp3) is 0.235. The lowest BCUT2D eigenvalue weighted by Gasteiger charge is -2.12. The van der Waals surface area contributed by atoms with Gasteiger partial charge >= 0.3 is 0 Å². The highest BCUT2D eigenvalue weighted by Crippen LogP contribution is 2.31. The third-order valence-corrected chi connectivity index (χ3v) is 4.05. The van der Waals surface area contributed by atoms with Gasteiger partial charge in [-0.25, -0.2) is 4.98 Å². The highest BCUT2D eigenvalue weighted by Gasteiger charge is 2.20. The summed E-state index contributed by atoms with van der Waals surface area (Å²) in [5, 5.41) is 0. The molecule has 0 atom stereocenters. The molecule has 0 radical (unpaired) electrons. The highest BCUT2D eigenvalue weighted by atomic mass is 15.2. The van der Waals surface area contributed by atoms with Crippen LogP contribution in [0.3, 0.4) is 0 Å². The second-order valence-corrected chi connectivity index (χ2v) is 6.05. The SMILES string of the molecule is Cn1c2c(n3c4ccccc4nc13)C=CC(C)(C)C=C2. The van der Waals surface area contributed by atoms with Crippen molar-refractivity contribution in [1.29, 1.82) is 0 Å². The maximum atomic E-state index is 4.74. The largest absolute Gasteiger partial charge is 0.313 e. The van der Waals surface area contributed by atoms with Gasteiger partial charge in [0.25, 0.3) is 0 Å². The molecule has 3 heteroatoms. The quantitative estimate of drug-likeness (QED) is 0.603. The van der Waals surface area contributed by atoms with Gasteiger partial charge in [0.1, 0.15) is 0 Å². The van der Waals surface area contributed by atoms with E-state index in [-0.39, 0.29) is 5.41 Å². The number of nitrogens with zero attached hydrogens (tertiary/aromatic N) is 3. The van der Waals surface area contributed by atoms with E-state index in [0.717, 1.165) is 16.8 Å². The average Bonchev–Trinajstić information content (AvgIpc) is 2.86. The number of hydrogen-bond donors (Lipinski definition) is 0. The van der Waals surface area contributed by atoms with Crippen LogP contribution in [0.4, 0.5) is 0 Å². The molecule has 1 aliphatic carbocycles. The molecule has 0 spiro atoms. The zero-order valence-corrected chi connectivity index (χ0v) is 12.0. The molecular weight excluding hydrogens is 246 g/mol. The minimum Gasteiger partial charge on any atom is -0.313 e. The molecule has 1 aliphatic rings. The Morgan fingerprint density at radius 1 is 1.00 bits per heavy atom. The summed E-state index contributed by atoms with van der Waals surface area (Å²) in [5.41, 5.74) is 4.71. The number of hydrogen-bond acceptors (Lipinski definition) is 1. The molecule has 3 aromatic rings. The van der Waals surface area contributed by atoms with Crippen molar-refractivity contribution in [3.05, 3.63) is 47.8 Å². The van der Waals surface area contributed by atoms with Gasteiger partial charge < -0.3 is 4.57 Å². The lowest BCUT2D eigenvalue weighted by molar-refractivity contribution is 0.633. The fourth-order valence-electron chi connectivity index (χ4n) is 2.87. The number of rotatable bonds is 0. The predicted octanol–water partition coefficient (Wildman–Crippen LogP) is 3.89. The van der Waals surface area contributed by atoms with Crippen molar-refractivity contribution in [1.82, 2.24) is 14.0 Å². The van der Waals surface area contributed by atoms with Gasteiger partial charge in [-0.2, -0.15) is 0 Å². The Morgan fingerprint density at radius 3 is 2.50 bits per heavy atom. The summed E-state index contributed by atoms with van der Waals surface area (Å²) < 4.78 is 4.41. The van der Waals surface area contributed by atoms with Crippen LogP contribution in [-0.2, 0) is 7.05 Å². The van der Waals surface area contributed by atoms with Gasteiger partial charge in [0.15, 0.2) is 0 Å². The van der Waals surface area contributed by atoms with Crippen LogP contribution in [0.2, 0.25) is 0 Å². The molecule has 2 heterocycles. The van der Waals surface area contributed by atoms with E-state index in [9.17, 15) is 0 Å². The van der Waals surface area contributed by atoms with Crippen LogP contribution in [-0.4, -0.2) is 14.0 Å². The summed E-state index contributed by atoms with van der Waals surface area (Å²) in [7, 11) is 2.08. The van der Waals surface area contributed by atoms with Gasteiger partial charge in [-0.05, 0) is 24.3 Å². The number of aryl methyl sites for hydroxylation is 1. The number of fused-ring (bicyclic) bond motifs is 5. The number of imidazole rings is 2. The maximum Gasteiger partial charge on any atom is 0.215 e. The normalized spacial score (nSPS) is 16.8. The first-order valence-corrected chi connectivity index (χ1v) is 6.91. The summed E-state index contributed by atoms with van der Waals surface area (Å²) in [6, 6.07) is 8.29. The van der Waals surface area contributed by atoms with E-state index in [1.54, 1.807) is 0 Å². The summed E-state index contributed by atoms with van der Waals surface area (Å²) in [4.78, 5) is 4.74. The van der Waals surface area contributed by atoms with Gasteiger partial charge in [-0.3, -0.25) is 4.40 Å². The number of benzene rings is 1. The molecular formula is C17H17N3. The highest BCUT2D eigenvalue weighted by molar-refractivity contribution is 5.83. The molecule has 1 aromatic carbocycles. The van der Waals surface area contributed by atoms with Crippen LogP contribution < -0.4 is 0 Å². The molecule has 0 aliphatic heterocycles. The number of aromatic nitrogens is 3. The molecule has 0 saturated heterocycles. The van der Waals surface area contributed by atoms with Crippen molar-refractivity contribution < 1.29 is 0 Å². The Balaban J connectivity index is 2.16. The van der Waals surface area contributed by atoms with E-state index in [2.05, 4.69) is 72.4 Å². The Labute approximate surface area is 117 Å². The van der Waals surface area contributed by atoms with Crippen LogP contribution in [0.5, 0.6) is 0 Å². The predicted molar refractivity (Wildman–Crippen MR) is 83.5 cm³/mol. The second kappa shape index (κ2) is 3.63. The van der Waals surface area contributed by atoms with Crippen LogP contribution in [0.25, 0.3) is 29.0 Å². The van der Waals surface area contributed by atoms with Crippen LogP contribution in [0.1, 0.15) is 25.2 Å². The zero-order valence-electron chi connectivity index (χ0n) is 12.0. The van der Waals surface area contributed by atoms with E-state index in [4.69, 9.17) is 4.98 Å². The van der Waals surface area contributed by atoms with Gasteiger partial charge in [-0.15, -0.1) is 0 Å². The third-order valence-electron chi connectivity index (χ3n) is 4.05. The first kappa shape index (κ1) is 11.5. The van der Waals surface area contributed by atoms with Gasteiger partial charge in [-0.1, -0.05) is 38.1 Å². The topological polar surface area (TPSA) is 22.2 Å². The molecule has 0 saturated carbocycles.